The normalized spacial score (nSPS) is 28.6. The Labute approximate surface area is 596 Å². The first-order valence-corrected chi connectivity index (χ1v) is 38.9. The summed E-state index contributed by atoms with van der Waals surface area (Å²) in [5.41, 5.74) is -0.443. The number of carbonyl (C=O) groups excluding carboxylic acids is 3. The summed E-state index contributed by atoms with van der Waals surface area (Å²) in [6, 6.07) is 0. The van der Waals surface area contributed by atoms with E-state index in [1.54, 1.807) is 7.05 Å². The van der Waals surface area contributed by atoms with Crippen LogP contribution in [0.25, 0.3) is 0 Å². The number of hydrogen-bond donors (Lipinski definition) is 2. The van der Waals surface area contributed by atoms with Gasteiger partial charge in [0.25, 0.3) is 0 Å². The van der Waals surface area contributed by atoms with E-state index in [-0.39, 0.29) is 53.6 Å². The molecule has 99 heavy (non-hydrogen) atoms. The van der Waals surface area contributed by atoms with Crippen molar-refractivity contribution in [2.45, 2.75) is 283 Å². The Morgan fingerprint density at radius 2 is 0.970 bits per heavy atom. The smallest absolute Gasteiger partial charge is 0.337 e. The number of rotatable bonds is 45. The summed E-state index contributed by atoms with van der Waals surface area (Å²) in [5.74, 6) is 1.83. The van der Waals surface area contributed by atoms with Gasteiger partial charge in [0.2, 0.25) is 5.91 Å². The number of ether oxygens (including phenoxy) is 18. The number of aliphatic hydroxyl groups is 1. The van der Waals surface area contributed by atoms with Gasteiger partial charge in [-0.15, -0.1) is 0 Å². The predicted octanol–water partition coefficient (Wildman–Crippen LogP) is 10.5. The molecule has 11 aliphatic heterocycles. The molecule has 13 rings (SSSR count). The summed E-state index contributed by atoms with van der Waals surface area (Å²) < 4.78 is 93.5. The van der Waals surface area contributed by atoms with Gasteiger partial charge in [0.05, 0.1) is 162 Å². The molecule has 0 spiro atoms. The number of methoxy groups -OCH3 is 1. The van der Waals surface area contributed by atoms with Crippen molar-refractivity contribution in [1.29, 1.82) is 0 Å². The third kappa shape index (κ3) is 48.5. The van der Waals surface area contributed by atoms with Crippen molar-refractivity contribution in [3.05, 3.63) is 0 Å². The topological polar surface area (TPSA) is 286 Å². The molecule has 23 nitrogen and oxygen atoms in total. The van der Waals surface area contributed by atoms with E-state index >= 15 is 0 Å². The fourth-order valence-corrected chi connectivity index (χ4v) is 10.4. The molecule has 13 aliphatic rings. The fraction of sp³-hybridized carbons (Fsp3) is 0.961. The lowest BCUT2D eigenvalue weighted by Gasteiger charge is -2.32. The zero-order valence-corrected chi connectivity index (χ0v) is 63.2. The first-order chi connectivity index (χ1) is 48.1. The highest BCUT2D eigenvalue weighted by molar-refractivity contribution is 5.80. The summed E-state index contributed by atoms with van der Waals surface area (Å²) in [5, 5.41) is 10.7. The lowest BCUT2D eigenvalue weighted by atomic mass is 9.87. The van der Waals surface area contributed by atoms with Gasteiger partial charge in [0.15, 0.2) is 6.10 Å². The SMILES string of the molecule is C1CC2OC2CC1C1CO1.CCC(COCC1CO1)(COCC1CO1)COCC1CO1.CCC1CO1.CCCCC(CC)COCC1CO1.CCCCCCC(C)(C)C(=O)OCC1CO1.CCCCCCCCCCOCC1CO1.CNC(=O)C1CC1.COC(=O)C1CO1.OCC1CO1. The van der Waals surface area contributed by atoms with Gasteiger partial charge in [0.1, 0.15) is 49.3 Å². The van der Waals surface area contributed by atoms with Gasteiger partial charge in [-0.2, -0.15) is 0 Å². The van der Waals surface area contributed by atoms with Crippen LogP contribution in [0.2, 0.25) is 0 Å². The Balaban J connectivity index is 0.000000208. The van der Waals surface area contributed by atoms with E-state index in [1.165, 1.54) is 129 Å². The molecular formula is C76H139NO22. The van der Waals surface area contributed by atoms with E-state index in [0.29, 0.717) is 114 Å². The van der Waals surface area contributed by atoms with Crippen LogP contribution in [0, 0.1) is 28.6 Å². The maximum Gasteiger partial charge on any atom is 0.337 e. The van der Waals surface area contributed by atoms with E-state index in [9.17, 15) is 14.4 Å². The van der Waals surface area contributed by atoms with Crippen LogP contribution in [0.15, 0.2) is 0 Å². The lowest BCUT2D eigenvalue weighted by Crippen LogP contribution is -2.38. The largest absolute Gasteiger partial charge is 0.467 e. The fourth-order valence-electron chi connectivity index (χ4n) is 10.4. The molecule has 0 bridgehead atoms. The van der Waals surface area contributed by atoms with Crippen LogP contribution in [0.3, 0.4) is 0 Å². The minimum absolute atomic E-state index is 0.0838. The standard InChI is InChI=1S/C15H26O6.C13H24O3.C13H26O2.C11H22O2.C8H12O2.C5H9NO.C4H6O3.C4H8O.C3H6O2/c1-2-15(9-16-3-12-6-19-12,10-17-4-13-7-20-13)11-18-5-14-8-21-14;1-4-5-6-7-8-13(2,3)12(14)16-10-11-9-15-11;1-2-3-4-5-6-7-8-9-10-14-11-13-12-15-13;1-3-5-6-10(4-2)7-12-8-11-9-13-11;1-2-6-7(10-6)3-5(1)8-4-9-8;1-6-5(7)4-2-3-4;1-6-4(5)3-2-7-3;1-2-4-3-5-4;4-1-3-2-5-3/h12-14H,2-11H2,1H3;11H,4-10H2,1-3H3;13H,2-12H2,1H3;10-11H,3-9H2,1-2H3;5-8H,1-4H2;4H,2-3H2,1H3,(H,6,7);3H,2H2,1H3;4H,2-3H2,1H3;3-4H,1-2H2. The second-order valence-electron chi connectivity index (χ2n) is 29.3. The number of esters is 2. The number of epoxide rings is 11. The molecule has 11 heterocycles. The Kier molecular flexibility index (Phi) is 45.7. The summed E-state index contributed by atoms with van der Waals surface area (Å²) in [7, 11) is 3.03. The number of nitrogens with one attached hydrogen (secondary N) is 1. The molecule has 0 aromatic carbocycles. The first kappa shape index (κ1) is 87.4. The average molecular weight is 1420 g/mol. The zero-order valence-electron chi connectivity index (χ0n) is 63.2. The average Bonchev–Trinajstić information content (AvgIpc) is 1.64. The Hall–Kier alpha value is -2.27. The van der Waals surface area contributed by atoms with Crippen molar-refractivity contribution in [3.8, 4) is 0 Å². The highest BCUT2D eigenvalue weighted by Gasteiger charge is 2.48. The minimum Gasteiger partial charge on any atom is -0.467 e. The summed E-state index contributed by atoms with van der Waals surface area (Å²) in [6.07, 6.45) is 34.4. The van der Waals surface area contributed by atoms with Crippen LogP contribution in [-0.4, -0.2) is 256 Å². The molecular weight excluding hydrogens is 1280 g/mol. The number of unbranched alkanes of at least 4 members (excludes halogenated alkanes) is 11. The number of aliphatic hydroxyl groups excluding tert-OH is 1. The second kappa shape index (κ2) is 51.8. The van der Waals surface area contributed by atoms with E-state index in [2.05, 4.69) is 61.1 Å². The number of carbonyl (C=O) groups is 3. The van der Waals surface area contributed by atoms with Crippen LogP contribution in [0.4, 0.5) is 0 Å². The van der Waals surface area contributed by atoms with Crippen LogP contribution in [-0.2, 0) is 99.6 Å². The third-order valence-electron chi connectivity index (χ3n) is 18.9. The number of fused-ring (bicyclic) bond motifs is 1. The van der Waals surface area contributed by atoms with Crippen molar-refractivity contribution in [2.24, 2.45) is 28.6 Å². The quantitative estimate of drug-likeness (QED) is 0.0325. The van der Waals surface area contributed by atoms with Gasteiger partial charge in [0, 0.05) is 31.6 Å². The molecule has 2 aliphatic carbocycles. The number of amides is 1. The van der Waals surface area contributed by atoms with Crippen molar-refractivity contribution < 1.29 is 105 Å². The molecule has 0 radical (unpaired) electrons. The molecule has 580 valence electrons. The van der Waals surface area contributed by atoms with Crippen LogP contribution >= 0.6 is 0 Å². The van der Waals surface area contributed by atoms with Crippen molar-refractivity contribution in [1.82, 2.24) is 5.32 Å². The zero-order chi connectivity index (χ0) is 71.4. The predicted molar refractivity (Wildman–Crippen MR) is 376 cm³/mol. The van der Waals surface area contributed by atoms with E-state index in [4.69, 9.17) is 76.2 Å². The van der Waals surface area contributed by atoms with Gasteiger partial charge in [-0.25, -0.2) is 4.79 Å². The first-order valence-electron chi connectivity index (χ1n) is 38.9. The van der Waals surface area contributed by atoms with Crippen LogP contribution < -0.4 is 5.32 Å². The lowest BCUT2D eigenvalue weighted by molar-refractivity contribution is -0.155. The van der Waals surface area contributed by atoms with Gasteiger partial charge < -0.3 is 95.7 Å². The molecule has 0 aromatic rings. The summed E-state index contributed by atoms with van der Waals surface area (Å²) in [4.78, 5) is 32.5. The van der Waals surface area contributed by atoms with Gasteiger partial charge >= 0.3 is 11.9 Å². The molecule has 2 saturated carbocycles. The van der Waals surface area contributed by atoms with E-state index in [0.717, 1.165) is 130 Å². The highest BCUT2D eigenvalue weighted by Crippen LogP contribution is 2.43. The van der Waals surface area contributed by atoms with Gasteiger partial charge in [-0.05, 0) is 89.9 Å². The van der Waals surface area contributed by atoms with Crippen molar-refractivity contribution in [2.75, 3.05) is 160 Å². The molecule has 0 aromatic heterocycles. The Bertz CT molecular complexity index is 1940. The van der Waals surface area contributed by atoms with Crippen LogP contribution in [0.1, 0.15) is 209 Å². The van der Waals surface area contributed by atoms with E-state index in [1.807, 2.05) is 13.8 Å². The van der Waals surface area contributed by atoms with Gasteiger partial charge in [-0.1, -0.05) is 131 Å². The van der Waals surface area contributed by atoms with Crippen LogP contribution in [0.5, 0.6) is 0 Å². The highest BCUT2D eigenvalue weighted by atomic mass is 16.6. The monoisotopic (exact) mass is 1420 g/mol. The Morgan fingerprint density at radius 1 is 0.505 bits per heavy atom. The molecule has 13 fully saturated rings. The molecule has 14 atom stereocenters. The molecule has 1 amide bonds. The molecule has 23 heteroatoms. The number of hydrogen-bond acceptors (Lipinski definition) is 22. The third-order valence-corrected chi connectivity index (χ3v) is 18.9. The molecule has 14 unspecified atom stereocenters. The maximum atomic E-state index is 11.8. The van der Waals surface area contributed by atoms with Crippen molar-refractivity contribution >= 4 is 17.8 Å². The van der Waals surface area contributed by atoms with Gasteiger partial charge in [-0.3, -0.25) is 9.59 Å². The second-order valence-corrected chi connectivity index (χ2v) is 29.3. The molecule has 11 saturated heterocycles. The maximum absolute atomic E-state index is 11.8. The van der Waals surface area contributed by atoms with E-state index < -0.39 is 0 Å². The molecule has 2 N–H and O–H groups in total. The minimum atomic E-state index is -0.345. The Morgan fingerprint density at radius 3 is 1.33 bits per heavy atom. The van der Waals surface area contributed by atoms with Crippen molar-refractivity contribution in [3.63, 3.8) is 0 Å². The summed E-state index contributed by atoms with van der Waals surface area (Å²) in [6.45, 7) is 33.5. The summed E-state index contributed by atoms with van der Waals surface area (Å²) >= 11 is 0.